The van der Waals surface area contributed by atoms with Crippen molar-refractivity contribution in [1.82, 2.24) is 9.97 Å². The average Bonchev–Trinajstić information content (AvgIpc) is 2.82. The van der Waals surface area contributed by atoms with Gasteiger partial charge in [-0.15, -0.1) is 0 Å². The fourth-order valence-electron chi connectivity index (χ4n) is 3.44. The molecule has 0 aliphatic heterocycles. The van der Waals surface area contributed by atoms with Crippen molar-refractivity contribution in [2.75, 3.05) is 13.2 Å². The predicted octanol–water partition coefficient (Wildman–Crippen LogP) is 7.87. The zero-order valence-corrected chi connectivity index (χ0v) is 19.9. The summed E-state index contributed by atoms with van der Waals surface area (Å²) in [6, 6.07) is 10.6. The third-order valence-electron chi connectivity index (χ3n) is 5.73. The lowest BCUT2D eigenvalue weighted by Gasteiger charge is -2.13. The molecule has 1 aromatic heterocycles. The molecule has 0 saturated carbocycles. The first-order valence-electron chi connectivity index (χ1n) is 12.4. The summed E-state index contributed by atoms with van der Waals surface area (Å²) in [6.07, 6.45) is 16.0. The zero-order chi connectivity index (χ0) is 22.2. The summed E-state index contributed by atoms with van der Waals surface area (Å²) in [7, 11) is 0. The summed E-state index contributed by atoms with van der Waals surface area (Å²) in [5.74, 6) is 1.22. The fourth-order valence-corrected chi connectivity index (χ4v) is 3.44. The largest absolute Gasteiger partial charge is 0.490 e. The lowest BCUT2D eigenvalue weighted by atomic mass is 10.1. The van der Waals surface area contributed by atoms with Crippen LogP contribution in [0.5, 0.6) is 11.8 Å². The van der Waals surface area contributed by atoms with Crippen LogP contribution in [0.25, 0.3) is 11.3 Å². The molecule has 4 heteroatoms. The monoisotopic (exact) mass is 426 g/mol. The maximum Gasteiger partial charge on any atom is 0.317 e. The Morgan fingerprint density at radius 1 is 0.806 bits per heavy atom. The predicted molar refractivity (Wildman–Crippen MR) is 130 cm³/mol. The normalized spacial score (nSPS) is 12.0. The number of aromatic nitrogens is 2. The Labute approximate surface area is 189 Å². The molecule has 0 aliphatic carbocycles. The van der Waals surface area contributed by atoms with Gasteiger partial charge >= 0.3 is 6.01 Å². The molecule has 0 N–H and O–H groups in total. The summed E-state index contributed by atoms with van der Waals surface area (Å²) >= 11 is 0. The highest BCUT2D eigenvalue weighted by Gasteiger charge is 2.12. The molecule has 0 fully saturated rings. The van der Waals surface area contributed by atoms with Gasteiger partial charge < -0.3 is 9.47 Å². The second-order valence-corrected chi connectivity index (χ2v) is 8.59. The first-order valence-corrected chi connectivity index (χ1v) is 12.4. The van der Waals surface area contributed by atoms with Crippen LogP contribution in [0.15, 0.2) is 36.5 Å². The van der Waals surface area contributed by atoms with E-state index in [0.717, 1.165) is 29.8 Å². The van der Waals surface area contributed by atoms with Crippen molar-refractivity contribution < 1.29 is 9.47 Å². The molecule has 0 amide bonds. The Morgan fingerprint density at radius 2 is 1.45 bits per heavy atom. The number of rotatable bonds is 17. The highest BCUT2D eigenvalue weighted by Crippen LogP contribution is 2.29. The van der Waals surface area contributed by atoms with E-state index in [-0.39, 0.29) is 0 Å². The third kappa shape index (κ3) is 10.2. The van der Waals surface area contributed by atoms with Crippen molar-refractivity contribution in [3.8, 4) is 23.0 Å². The maximum absolute atomic E-state index is 6.08. The van der Waals surface area contributed by atoms with Gasteiger partial charge in [-0.25, -0.2) is 0 Å². The number of hydrogen-bond donors (Lipinski definition) is 0. The molecule has 0 spiro atoms. The number of hydrogen-bond acceptors (Lipinski definition) is 4. The minimum Gasteiger partial charge on any atom is -0.490 e. The van der Waals surface area contributed by atoms with Crippen LogP contribution in [0.3, 0.4) is 0 Å². The SMILES string of the molecule is CCCCCCCCCCCCOc1cnc(OCC(C)CC)nc1-c1ccccc1. The third-order valence-corrected chi connectivity index (χ3v) is 5.73. The second kappa shape index (κ2) is 15.7. The van der Waals surface area contributed by atoms with Gasteiger partial charge in [0, 0.05) is 5.56 Å². The van der Waals surface area contributed by atoms with Gasteiger partial charge in [0.25, 0.3) is 0 Å². The van der Waals surface area contributed by atoms with Crippen LogP contribution in [-0.2, 0) is 0 Å². The van der Waals surface area contributed by atoms with Crippen molar-refractivity contribution >= 4 is 0 Å². The molecule has 1 unspecified atom stereocenters. The molecular weight excluding hydrogens is 384 g/mol. The molecular formula is C27H42N2O2. The minimum atomic E-state index is 0.422. The lowest BCUT2D eigenvalue weighted by Crippen LogP contribution is -2.10. The minimum absolute atomic E-state index is 0.422. The molecule has 1 aromatic carbocycles. The van der Waals surface area contributed by atoms with E-state index in [2.05, 4.69) is 30.7 Å². The van der Waals surface area contributed by atoms with Crippen LogP contribution in [0.1, 0.15) is 91.4 Å². The van der Waals surface area contributed by atoms with Crippen LogP contribution in [0.4, 0.5) is 0 Å². The van der Waals surface area contributed by atoms with E-state index in [1.165, 1.54) is 57.8 Å². The van der Waals surface area contributed by atoms with Crippen LogP contribution >= 0.6 is 0 Å². The van der Waals surface area contributed by atoms with Gasteiger partial charge in [-0.3, -0.25) is 0 Å². The van der Waals surface area contributed by atoms with Crippen LogP contribution in [0, 0.1) is 5.92 Å². The van der Waals surface area contributed by atoms with E-state index in [0.29, 0.717) is 25.1 Å². The first-order chi connectivity index (χ1) is 15.2. The van der Waals surface area contributed by atoms with Gasteiger partial charge in [-0.2, -0.15) is 9.97 Å². The van der Waals surface area contributed by atoms with E-state index in [4.69, 9.17) is 9.47 Å². The highest BCUT2D eigenvalue weighted by atomic mass is 16.5. The Balaban J connectivity index is 1.79. The van der Waals surface area contributed by atoms with Crippen molar-refractivity contribution in [1.29, 1.82) is 0 Å². The van der Waals surface area contributed by atoms with E-state index < -0.39 is 0 Å². The summed E-state index contributed by atoms with van der Waals surface area (Å²) in [5, 5.41) is 0. The Morgan fingerprint density at radius 3 is 2.10 bits per heavy atom. The summed E-state index contributed by atoms with van der Waals surface area (Å²) in [6.45, 7) is 7.93. The van der Waals surface area contributed by atoms with Crippen LogP contribution in [0.2, 0.25) is 0 Å². The Bertz CT molecular complexity index is 706. The van der Waals surface area contributed by atoms with Crippen LogP contribution < -0.4 is 9.47 Å². The molecule has 31 heavy (non-hydrogen) atoms. The Kier molecular flexibility index (Phi) is 12.7. The van der Waals surface area contributed by atoms with Gasteiger partial charge in [-0.1, -0.05) is 115 Å². The maximum atomic E-state index is 6.08. The fraction of sp³-hybridized carbons (Fsp3) is 0.630. The molecule has 0 saturated heterocycles. The number of ether oxygens (including phenoxy) is 2. The standard InChI is InChI=1S/C27H42N2O2/c1-4-6-7-8-9-10-11-12-13-17-20-30-25-21-28-27(31-22-23(3)5-2)29-26(25)24-18-15-14-16-19-24/h14-16,18-19,21,23H,4-13,17,20,22H2,1-3H3. The molecule has 1 heterocycles. The first kappa shape index (κ1) is 25.2. The molecule has 4 nitrogen and oxygen atoms in total. The van der Waals surface area contributed by atoms with Gasteiger partial charge in [0.2, 0.25) is 0 Å². The molecule has 1 atom stereocenters. The zero-order valence-electron chi connectivity index (χ0n) is 19.9. The van der Waals surface area contributed by atoms with Crippen molar-refractivity contribution in [3.05, 3.63) is 36.5 Å². The number of nitrogens with zero attached hydrogens (tertiary/aromatic N) is 2. The van der Waals surface area contributed by atoms with E-state index >= 15 is 0 Å². The Hall–Kier alpha value is -2.10. The van der Waals surface area contributed by atoms with Gasteiger partial charge in [-0.05, 0) is 12.3 Å². The highest BCUT2D eigenvalue weighted by molar-refractivity contribution is 5.65. The molecule has 2 aromatic rings. The average molecular weight is 427 g/mol. The molecule has 0 aliphatic rings. The van der Waals surface area contributed by atoms with Gasteiger partial charge in [0.1, 0.15) is 5.69 Å². The van der Waals surface area contributed by atoms with Gasteiger partial charge in [0.15, 0.2) is 5.75 Å². The van der Waals surface area contributed by atoms with Crippen molar-refractivity contribution in [2.45, 2.75) is 91.4 Å². The van der Waals surface area contributed by atoms with Crippen molar-refractivity contribution in [3.63, 3.8) is 0 Å². The van der Waals surface area contributed by atoms with Gasteiger partial charge in [0.05, 0.1) is 19.4 Å². The second-order valence-electron chi connectivity index (χ2n) is 8.59. The topological polar surface area (TPSA) is 44.2 Å². The van der Waals surface area contributed by atoms with E-state index in [1.807, 2.05) is 30.3 Å². The summed E-state index contributed by atoms with van der Waals surface area (Å²) < 4.78 is 11.9. The van der Waals surface area contributed by atoms with E-state index in [1.54, 1.807) is 6.20 Å². The summed E-state index contributed by atoms with van der Waals surface area (Å²) in [4.78, 5) is 9.04. The smallest absolute Gasteiger partial charge is 0.317 e. The quantitative estimate of drug-likeness (QED) is 0.241. The molecule has 172 valence electrons. The number of unbranched alkanes of at least 4 members (excludes halogenated alkanes) is 9. The van der Waals surface area contributed by atoms with Crippen LogP contribution in [-0.4, -0.2) is 23.2 Å². The van der Waals surface area contributed by atoms with E-state index in [9.17, 15) is 0 Å². The summed E-state index contributed by atoms with van der Waals surface area (Å²) in [5.41, 5.74) is 1.83. The van der Waals surface area contributed by atoms with Crippen molar-refractivity contribution in [2.24, 2.45) is 5.92 Å². The molecule has 0 bridgehead atoms. The lowest BCUT2D eigenvalue weighted by molar-refractivity contribution is 0.236. The molecule has 0 radical (unpaired) electrons. The molecule has 2 rings (SSSR count). The number of benzene rings is 1.